The predicted octanol–water partition coefficient (Wildman–Crippen LogP) is 3.07. The third-order valence-corrected chi connectivity index (χ3v) is 3.34. The van der Waals surface area contributed by atoms with Gasteiger partial charge in [-0.2, -0.15) is 0 Å². The molecule has 0 fully saturated rings. The minimum atomic E-state index is -0.277. The maximum atomic E-state index is 11.6. The first-order valence-electron chi connectivity index (χ1n) is 6.51. The van der Waals surface area contributed by atoms with Gasteiger partial charge in [0.05, 0.1) is 6.33 Å². The Morgan fingerprint density at radius 1 is 1.39 bits per heavy atom. The average molecular weight is 272 g/mol. The summed E-state index contributed by atoms with van der Waals surface area (Å²) >= 11 is 6.08. The normalized spacial score (nSPS) is 11.3. The van der Waals surface area contributed by atoms with Crippen LogP contribution >= 0.6 is 11.6 Å². The van der Waals surface area contributed by atoms with Crippen molar-refractivity contribution in [3.8, 4) is 0 Å². The van der Waals surface area contributed by atoms with Crippen molar-refractivity contribution in [3.63, 3.8) is 0 Å². The van der Waals surface area contributed by atoms with Crippen LogP contribution in [0.4, 0.5) is 5.82 Å². The highest BCUT2D eigenvalue weighted by atomic mass is 35.5. The van der Waals surface area contributed by atoms with E-state index in [9.17, 15) is 4.79 Å². The van der Waals surface area contributed by atoms with E-state index in [1.807, 2.05) is 0 Å². The van der Waals surface area contributed by atoms with Crippen molar-refractivity contribution >= 4 is 17.4 Å². The number of aromatic nitrogens is 2. The van der Waals surface area contributed by atoms with E-state index in [-0.39, 0.29) is 10.6 Å². The molecule has 0 saturated carbocycles. The molecule has 1 aromatic heterocycles. The molecular weight excluding hydrogens is 250 g/mol. The fourth-order valence-electron chi connectivity index (χ4n) is 2.11. The smallest absolute Gasteiger partial charge is 0.271 e. The fourth-order valence-corrected chi connectivity index (χ4v) is 2.32. The summed E-state index contributed by atoms with van der Waals surface area (Å²) in [6, 6.07) is 0.360. The summed E-state index contributed by atoms with van der Waals surface area (Å²) in [6.45, 7) is 9.43. The summed E-state index contributed by atoms with van der Waals surface area (Å²) in [5.41, 5.74) is -0.277. The van der Waals surface area contributed by atoms with Crippen molar-refractivity contribution in [2.75, 3.05) is 11.4 Å². The lowest BCUT2D eigenvalue weighted by Crippen LogP contribution is -2.39. The van der Waals surface area contributed by atoms with Crippen LogP contribution in [0, 0.1) is 5.92 Å². The van der Waals surface area contributed by atoms with Gasteiger partial charge in [-0.15, -0.1) is 0 Å². The van der Waals surface area contributed by atoms with Crippen molar-refractivity contribution in [2.45, 2.75) is 46.6 Å². The summed E-state index contributed by atoms with van der Waals surface area (Å²) in [5, 5.41) is 0.185. The molecule has 0 aliphatic carbocycles. The first-order valence-corrected chi connectivity index (χ1v) is 6.88. The van der Waals surface area contributed by atoms with E-state index in [2.05, 4.69) is 42.6 Å². The predicted molar refractivity (Wildman–Crippen MR) is 76.4 cm³/mol. The molecule has 1 heterocycles. The van der Waals surface area contributed by atoms with Crippen molar-refractivity contribution < 1.29 is 0 Å². The number of hydrogen-bond donors (Lipinski definition) is 1. The zero-order valence-electron chi connectivity index (χ0n) is 11.5. The van der Waals surface area contributed by atoms with Gasteiger partial charge < -0.3 is 9.88 Å². The molecule has 0 spiro atoms. The van der Waals surface area contributed by atoms with Crippen LogP contribution in [0.2, 0.25) is 5.02 Å². The second-order valence-electron chi connectivity index (χ2n) is 4.89. The lowest BCUT2D eigenvalue weighted by Gasteiger charge is -2.33. The summed E-state index contributed by atoms with van der Waals surface area (Å²) in [5.74, 6) is 1.09. The monoisotopic (exact) mass is 271 g/mol. The Morgan fingerprint density at radius 3 is 2.50 bits per heavy atom. The van der Waals surface area contributed by atoms with Crippen molar-refractivity contribution in [1.29, 1.82) is 0 Å². The number of aromatic amines is 1. The molecular formula is C13H22ClN3O. The Kier molecular flexibility index (Phi) is 5.66. The van der Waals surface area contributed by atoms with Gasteiger partial charge in [0.1, 0.15) is 5.02 Å². The Bertz CT molecular complexity index is 426. The second-order valence-corrected chi connectivity index (χ2v) is 5.26. The van der Waals surface area contributed by atoms with Crippen LogP contribution < -0.4 is 10.5 Å². The van der Waals surface area contributed by atoms with E-state index < -0.39 is 0 Å². The SMILES string of the molecule is CCC(CC)N(CC(C)C)c1nc[nH]c(=O)c1Cl. The van der Waals surface area contributed by atoms with E-state index in [4.69, 9.17) is 11.6 Å². The quantitative estimate of drug-likeness (QED) is 0.865. The molecule has 4 nitrogen and oxygen atoms in total. The van der Waals surface area contributed by atoms with Crippen LogP contribution in [-0.2, 0) is 0 Å². The Balaban J connectivity index is 3.16. The molecule has 0 saturated heterocycles. The van der Waals surface area contributed by atoms with Crippen LogP contribution in [0.25, 0.3) is 0 Å². The minimum Gasteiger partial charge on any atom is -0.352 e. The molecule has 0 amide bonds. The molecule has 0 unspecified atom stereocenters. The van der Waals surface area contributed by atoms with Gasteiger partial charge in [-0.3, -0.25) is 4.79 Å². The van der Waals surface area contributed by atoms with Gasteiger partial charge in [0, 0.05) is 12.6 Å². The first kappa shape index (κ1) is 15.0. The maximum Gasteiger partial charge on any atom is 0.271 e. The van der Waals surface area contributed by atoms with Gasteiger partial charge in [0.15, 0.2) is 5.82 Å². The van der Waals surface area contributed by atoms with Gasteiger partial charge in [-0.1, -0.05) is 39.3 Å². The van der Waals surface area contributed by atoms with Gasteiger partial charge >= 0.3 is 0 Å². The van der Waals surface area contributed by atoms with E-state index in [0.29, 0.717) is 17.8 Å². The highest BCUT2D eigenvalue weighted by molar-refractivity contribution is 6.32. The Morgan fingerprint density at radius 2 is 2.00 bits per heavy atom. The number of nitrogens with one attached hydrogen (secondary N) is 1. The molecule has 1 rings (SSSR count). The van der Waals surface area contributed by atoms with Gasteiger partial charge in [-0.25, -0.2) is 4.98 Å². The molecule has 0 aliphatic rings. The summed E-state index contributed by atoms with van der Waals surface area (Å²) < 4.78 is 0. The highest BCUT2D eigenvalue weighted by Crippen LogP contribution is 2.24. The number of anilines is 1. The highest BCUT2D eigenvalue weighted by Gasteiger charge is 2.21. The zero-order valence-corrected chi connectivity index (χ0v) is 12.3. The van der Waals surface area contributed by atoms with Crippen molar-refractivity contribution in [2.24, 2.45) is 5.92 Å². The molecule has 0 atom stereocenters. The second kappa shape index (κ2) is 6.78. The van der Waals surface area contributed by atoms with Crippen LogP contribution in [0.15, 0.2) is 11.1 Å². The van der Waals surface area contributed by atoms with Gasteiger partial charge in [0.25, 0.3) is 5.56 Å². The molecule has 0 aliphatic heterocycles. The lowest BCUT2D eigenvalue weighted by molar-refractivity contribution is 0.503. The van der Waals surface area contributed by atoms with Crippen molar-refractivity contribution in [1.82, 2.24) is 9.97 Å². The molecule has 102 valence electrons. The number of hydrogen-bond acceptors (Lipinski definition) is 3. The van der Waals surface area contributed by atoms with Crippen molar-refractivity contribution in [3.05, 3.63) is 21.7 Å². The maximum absolute atomic E-state index is 11.6. The third-order valence-electron chi connectivity index (χ3n) is 3.00. The number of halogens is 1. The van der Waals surface area contributed by atoms with Crippen LogP contribution in [0.3, 0.4) is 0 Å². The first-order chi connectivity index (χ1) is 8.51. The minimum absolute atomic E-state index is 0.185. The topological polar surface area (TPSA) is 49.0 Å². The van der Waals surface area contributed by atoms with E-state index in [0.717, 1.165) is 19.4 Å². The fraction of sp³-hybridized carbons (Fsp3) is 0.692. The van der Waals surface area contributed by atoms with Crippen LogP contribution in [0.5, 0.6) is 0 Å². The molecule has 1 N–H and O–H groups in total. The number of nitrogens with zero attached hydrogens (tertiary/aromatic N) is 2. The van der Waals surface area contributed by atoms with E-state index in [1.165, 1.54) is 6.33 Å². The van der Waals surface area contributed by atoms with E-state index in [1.54, 1.807) is 0 Å². The molecule has 0 aromatic carbocycles. The molecule has 5 heteroatoms. The third kappa shape index (κ3) is 3.48. The molecule has 1 aromatic rings. The largest absolute Gasteiger partial charge is 0.352 e. The standard InChI is InChI=1S/C13H22ClN3O/c1-5-10(6-2)17(7-9(3)4)12-11(14)13(18)16-8-15-12/h8-10H,5-7H2,1-4H3,(H,15,16,18). The lowest BCUT2D eigenvalue weighted by atomic mass is 10.1. The average Bonchev–Trinajstić information content (AvgIpc) is 2.32. The molecule has 0 radical (unpaired) electrons. The summed E-state index contributed by atoms with van der Waals surface area (Å²) in [6.07, 6.45) is 3.43. The number of H-pyrrole nitrogens is 1. The van der Waals surface area contributed by atoms with E-state index >= 15 is 0 Å². The number of rotatable bonds is 6. The Hall–Kier alpha value is -1.03. The Labute approximate surface area is 113 Å². The zero-order chi connectivity index (χ0) is 13.7. The summed E-state index contributed by atoms with van der Waals surface area (Å²) in [4.78, 5) is 20.5. The molecule has 18 heavy (non-hydrogen) atoms. The van der Waals surface area contributed by atoms with Crippen LogP contribution in [-0.4, -0.2) is 22.6 Å². The van der Waals surface area contributed by atoms with Crippen LogP contribution in [0.1, 0.15) is 40.5 Å². The van der Waals surface area contributed by atoms with Gasteiger partial charge in [-0.05, 0) is 18.8 Å². The molecule has 0 bridgehead atoms. The summed E-state index contributed by atoms with van der Waals surface area (Å²) in [7, 11) is 0. The van der Waals surface area contributed by atoms with Gasteiger partial charge in [0.2, 0.25) is 0 Å².